The molecule has 3 fully saturated rings. The molecule has 0 radical (unpaired) electrons. The molecule has 0 aliphatic carbocycles. The summed E-state index contributed by atoms with van der Waals surface area (Å²) in [5, 5.41) is 14.0. The number of fused-ring (bicyclic) bond motifs is 1. The summed E-state index contributed by atoms with van der Waals surface area (Å²) in [4.78, 5) is 59.7. The Balaban J connectivity index is 1.36. The molecule has 0 unspecified atom stereocenters. The quantitative estimate of drug-likeness (QED) is 0.154. The van der Waals surface area contributed by atoms with E-state index in [0.29, 0.717) is 35.5 Å². The van der Waals surface area contributed by atoms with E-state index >= 15 is 4.79 Å². The lowest BCUT2D eigenvalue weighted by Gasteiger charge is -2.39. The summed E-state index contributed by atoms with van der Waals surface area (Å²) < 4.78 is 12.9. The van der Waals surface area contributed by atoms with Gasteiger partial charge in [-0.05, 0) is 48.9 Å². The topological polar surface area (TPSA) is 125 Å². The highest BCUT2D eigenvalue weighted by Crippen LogP contribution is 2.59. The van der Waals surface area contributed by atoms with Crippen LogP contribution in [0, 0.1) is 11.8 Å². The number of esters is 1. The minimum atomic E-state index is -1.37. The number of carbonyl (C=O) groups is 4. The first-order chi connectivity index (χ1) is 25.2. The number of rotatable bonds is 16. The van der Waals surface area contributed by atoms with Crippen LogP contribution in [0.5, 0.6) is 0 Å². The van der Waals surface area contributed by atoms with E-state index in [1.165, 1.54) is 9.80 Å². The minimum Gasteiger partial charge on any atom is -0.455 e. The van der Waals surface area contributed by atoms with E-state index in [4.69, 9.17) is 21.1 Å². The Morgan fingerprint density at radius 3 is 2.40 bits per heavy atom. The zero-order valence-electron chi connectivity index (χ0n) is 28.9. The van der Waals surface area contributed by atoms with E-state index in [9.17, 15) is 19.5 Å². The van der Waals surface area contributed by atoms with Crippen molar-refractivity contribution in [2.75, 3.05) is 24.6 Å². The van der Waals surface area contributed by atoms with Gasteiger partial charge in [0.2, 0.25) is 11.8 Å². The molecule has 3 amide bonds. The molecule has 10 nitrogen and oxygen atoms in total. The fourth-order valence-electron chi connectivity index (χ4n) is 8.07. The Hall–Kier alpha value is -4.77. The number of benzene rings is 3. The zero-order chi connectivity index (χ0) is 36.8. The van der Waals surface area contributed by atoms with Crippen molar-refractivity contribution in [3.8, 4) is 0 Å². The Bertz CT molecular complexity index is 1790. The molecule has 1 spiro atoms. The predicted octanol–water partition coefficient (Wildman–Crippen LogP) is 5.20. The normalized spacial score (nSPS) is 24.1. The highest BCUT2D eigenvalue weighted by molar-refractivity contribution is 6.34. The van der Waals surface area contributed by atoms with Crippen molar-refractivity contribution in [1.29, 1.82) is 0 Å². The molecule has 272 valence electrons. The molecular weight excluding hydrogens is 682 g/mol. The lowest BCUT2D eigenvalue weighted by atomic mass is 9.70. The minimum absolute atomic E-state index is 0.0268. The van der Waals surface area contributed by atoms with Gasteiger partial charge in [0.15, 0.2) is 0 Å². The Morgan fingerprint density at radius 1 is 1.04 bits per heavy atom. The summed E-state index contributed by atoms with van der Waals surface area (Å²) in [6, 6.07) is 23.5. The highest BCUT2D eigenvalue weighted by Gasteiger charge is 2.75. The van der Waals surface area contributed by atoms with Crippen molar-refractivity contribution in [2.45, 2.75) is 62.0 Å². The van der Waals surface area contributed by atoms with Gasteiger partial charge in [0.05, 0.1) is 47.8 Å². The standard InChI is InChI=1S/C41H44ClN3O7/c1-3-5-20-34(47)43-25-33(28-16-10-7-11-17-28)51-40(50)35-32-21-22-41(52-32)36(35)38(48)45(29(26-46)24-27-14-8-6-9-15-27)37(41)39(49)44(23-4-2)31-19-13-12-18-30(31)42/h3-4,6-19,29,32-33,35-37,46H,1-2,5,20-26H2,(H,43,47)/t29-,32+,33+,35-,36-,37+,41-/m1/s1. The van der Waals surface area contributed by atoms with Gasteiger partial charge >= 0.3 is 5.97 Å². The van der Waals surface area contributed by atoms with Crippen LogP contribution >= 0.6 is 11.6 Å². The summed E-state index contributed by atoms with van der Waals surface area (Å²) in [5.41, 5.74) is 0.614. The molecule has 7 atom stereocenters. The van der Waals surface area contributed by atoms with Gasteiger partial charge in [-0.1, -0.05) is 96.5 Å². The van der Waals surface area contributed by atoms with Gasteiger partial charge in [-0.25, -0.2) is 0 Å². The second kappa shape index (κ2) is 16.3. The first-order valence-electron chi connectivity index (χ1n) is 17.7. The Kier molecular flexibility index (Phi) is 11.6. The Morgan fingerprint density at radius 2 is 1.73 bits per heavy atom. The summed E-state index contributed by atoms with van der Waals surface area (Å²) in [6.07, 6.45) is 3.51. The average Bonchev–Trinajstić information content (AvgIpc) is 3.82. The lowest BCUT2D eigenvalue weighted by molar-refractivity contribution is -0.161. The summed E-state index contributed by atoms with van der Waals surface area (Å²) in [6.45, 7) is 7.22. The number of hydrogen-bond acceptors (Lipinski definition) is 7. The molecule has 2 N–H and O–H groups in total. The SMILES string of the molecule is C=CCCC(=O)NC[C@H](OC(=O)[C@@H]1[C@@H]2CC[C@]3(O2)[C@H](C(=O)N(CC=C)c2ccccc2Cl)N([C@@H](CO)Cc2ccccc2)C(=O)[C@@H]13)c1ccccc1. The van der Waals surface area contributed by atoms with Gasteiger partial charge in [-0.15, -0.1) is 13.2 Å². The van der Waals surface area contributed by atoms with Crippen LogP contribution in [0.3, 0.4) is 0 Å². The average molecular weight is 726 g/mol. The van der Waals surface area contributed by atoms with E-state index in [2.05, 4.69) is 18.5 Å². The van der Waals surface area contributed by atoms with Crippen LogP contribution in [0.2, 0.25) is 5.02 Å². The first kappa shape index (κ1) is 37.0. The number of aliphatic hydroxyl groups is 1. The molecule has 52 heavy (non-hydrogen) atoms. The largest absolute Gasteiger partial charge is 0.455 e. The first-order valence-corrected chi connectivity index (χ1v) is 18.1. The van der Waals surface area contributed by atoms with Crippen molar-refractivity contribution in [2.24, 2.45) is 11.8 Å². The molecule has 3 aromatic rings. The molecule has 11 heteroatoms. The summed E-state index contributed by atoms with van der Waals surface area (Å²) in [5.74, 6) is -3.83. The predicted molar refractivity (Wildman–Crippen MR) is 197 cm³/mol. The van der Waals surface area contributed by atoms with E-state index < -0.39 is 66.1 Å². The van der Waals surface area contributed by atoms with Crippen molar-refractivity contribution in [3.05, 3.63) is 126 Å². The van der Waals surface area contributed by atoms with Crippen LogP contribution in [0.4, 0.5) is 5.69 Å². The summed E-state index contributed by atoms with van der Waals surface area (Å²) in [7, 11) is 0. The van der Waals surface area contributed by atoms with Crippen LogP contribution in [-0.4, -0.2) is 77.2 Å². The molecule has 2 bridgehead atoms. The molecule has 0 saturated carbocycles. The molecule has 3 aliphatic rings. The van der Waals surface area contributed by atoms with Gasteiger partial charge in [0.25, 0.3) is 5.91 Å². The van der Waals surface area contributed by atoms with Crippen molar-refractivity contribution < 1.29 is 33.8 Å². The van der Waals surface area contributed by atoms with Crippen molar-refractivity contribution in [3.63, 3.8) is 0 Å². The number of aliphatic hydroxyl groups excluding tert-OH is 1. The molecule has 3 aliphatic heterocycles. The third kappa shape index (κ3) is 7.15. The number of likely N-dealkylation sites (tertiary alicyclic amines) is 1. The van der Waals surface area contributed by atoms with E-state index in [0.717, 1.165) is 5.56 Å². The highest BCUT2D eigenvalue weighted by atomic mass is 35.5. The molecule has 3 heterocycles. The number of nitrogens with zero attached hydrogens (tertiary/aromatic N) is 2. The van der Waals surface area contributed by atoms with E-state index in [-0.39, 0.29) is 31.8 Å². The maximum Gasteiger partial charge on any atom is 0.313 e. The summed E-state index contributed by atoms with van der Waals surface area (Å²) >= 11 is 6.62. The number of halogens is 1. The van der Waals surface area contributed by atoms with Gasteiger partial charge in [0.1, 0.15) is 17.7 Å². The number of nitrogens with one attached hydrogen (secondary N) is 1. The second-order valence-electron chi connectivity index (χ2n) is 13.5. The van der Waals surface area contributed by atoms with Crippen LogP contribution in [0.1, 0.15) is 42.9 Å². The molecule has 6 rings (SSSR count). The number of anilines is 1. The third-order valence-corrected chi connectivity index (χ3v) is 10.7. The van der Waals surface area contributed by atoms with Gasteiger partial charge in [-0.2, -0.15) is 0 Å². The van der Waals surface area contributed by atoms with Crippen LogP contribution in [0.25, 0.3) is 0 Å². The molecule has 3 saturated heterocycles. The zero-order valence-corrected chi connectivity index (χ0v) is 29.7. The smallest absolute Gasteiger partial charge is 0.313 e. The molecular formula is C41H44ClN3O7. The number of para-hydroxylation sites is 1. The maximum absolute atomic E-state index is 15.0. The number of ether oxygens (including phenoxy) is 2. The fourth-order valence-corrected chi connectivity index (χ4v) is 8.30. The second-order valence-corrected chi connectivity index (χ2v) is 13.9. The van der Waals surface area contributed by atoms with Gasteiger partial charge in [-0.3, -0.25) is 19.2 Å². The van der Waals surface area contributed by atoms with E-state index in [1.807, 2.05) is 60.7 Å². The monoisotopic (exact) mass is 725 g/mol. The van der Waals surface area contributed by atoms with Crippen LogP contribution in [0.15, 0.2) is 110 Å². The van der Waals surface area contributed by atoms with Gasteiger partial charge < -0.3 is 29.7 Å². The van der Waals surface area contributed by atoms with E-state index in [1.54, 1.807) is 36.4 Å². The maximum atomic E-state index is 15.0. The van der Waals surface area contributed by atoms with Gasteiger partial charge in [0, 0.05) is 13.0 Å². The number of hydrogen-bond donors (Lipinski definition) is 2. The number of carbonyl (C=O) groups excluding carboxylic acids is 4. The lowest BCUT2D eigenvalue weighted by Crippen LogP contribution is -2.59. The van der Waals surface area contributed by atoms with Crippen molar-refractivity contribution >= 4 is 41.0 Å². The van der Waals surface area contributed by atoms with Crippen molar-refractivity contribution in [1.82, 2.24) is 10.2 Å². The van der Waals surface area contributed by atoms with Crippen LogP contribution in [-0.2, 0) is 35.1 Å². The molecule has 3 aromatic carbocycles. The van der Waals surface area contributed by atoms with Crippen LogP contribution < -0.4 is 10.2 Å². The molecule has 0 aromatic heterocycles. The Labute approximate surface area is 309 Å². The fraction of sp³-hybridized carbons (Fsp3) is 0.366. The number of amides is 3. The number of allylic oxidation sites excluding steroid dienone is 1. The third-order valence-electron chi connectivity index (χ3n) is 10.4.